The minimum atomic E-state index is -0.630. The van der Waals surface area contributed by atoms with E-state index in [1.54, 1.807) is 12.1 Å². The molecule has 10 heteroatoms. The van der Waals surface area contributed by atoms with Crippen molar-refractivity contribution in [3.05, 3.63) is 41.3 Å². The third-order valence-corrected chi connectivity index (χ3v) is 5.03. The van der Waals surface area contributed by atoms with Crippen molar-refractivity contribution in [1.82, 2.24) is 15.7 Å². The van der Waals surface area contributed by atoms with Crippen LogP contribution in [0.25, 0.3) is 0 Å². The molecule has 1 aromatic carbocycles. The number of benzene rings is 1. The second kappa shape index (κ2) is 12.6. The normalized spacial score (nSPS) is 19.0. The molecule has 2 atom stereocenters. The molecule has 2 amide bonds. The van der Waals surface area contributed by atoms with Gasteiger partial charge in [-0.3, -0.25) is 9.59 Å². The Kier molecular flexibility index (Phi) is 10.2. The molecule has 0 bridgehead atoms. The van der Waals surface area contributed by atoms with E-state index in [-0.39, 0.29) is 48.3 Å². The Hall–Kier alpha value is -2.20. The number of nitrogens with one attached hydrogen (secondary N) is 2. The van der Waals surface area contributed by atoms with Crippen LogP contribution in [0.1, 0.15) is 39.0 Å². The second-order valence-corrected chi connectivity index (χ2v) is 7.74. The van der Waals surface area contributed by atoms with Crippen LogP contribution in [-0.2, 0) is 19.5 Å². The number of carbonyl (C=O) groups is 2. The lowest BCUT2D eigenvalue weighted by atomic mass is 10.0. The predicted molar refractivity (Wildman–Crippen MR) is 113 cm³/mol. The highest BCUT2D eigenvalue weighted by Crippen LogP contribution is 2.21. The summed E-state index contributed by atoms with van der Waals surface area (Å²) in [7, 11) is 1.76. The summed E-state index contributed by atoms with van der Waals surface area (Å²) in [5.41, 5.74) is 0.389. The molecular formula is C21H29ClFN3O5. The maximum absolute atomic E-state index is 13.4. The number of nitrogens with zero attached hydrogens (tertiary/aromatic N) is 1. The van der Waals surface area contributed by atoms with Gasteiger partial charge in [-0.25, -0.2) is 9.28 Å². The molecule has 31 heavy (non-hydrogen) atoms. The number of hydrogen-bond donors (Lipinski definition) is 2. The highest BCUT2D eigenvalue weighted by atomic mass is 35.5. The van der Waals surface area contributed by atoms with Crippen molar-refractivity contribution in [2.45, 2.75) is 51.2 Å². The number of ether oxygens (including phenoxy) is 1. The Bertz CT molecular complexity index is 779. The fraction of sp³-hybridized carbons (Fsp3) is 0.524. The van der Waals surface area contributed by atoms with Gasteiger partial charge >= 0.3 is 0 Å². The van der Waals surface area contributed by atoms with E-state index < -0.39 is 11.7 Å². The molecular weight excluding hydrogens is 429 g/mol. The zero-order valence-electron chi connectivity index (χ0n) is 17.8. The molecule has 0 aromatic heterocycles. The molecule has 1 aliphatic heterocycles. The summed E-state index contributed by atoms with van der Waals surface area (Å²) in [6.07, 6.45) is 3.14. The van der Waals surface area contributed by atoms with Gasteiger partial charge in [0.1, 0.15) is 11.6 Å². The Balaban J connectivity index is 1.64. The van der Waals surface area contributed by atoms with Gasteiger partial charge in [-0.1, -0.05) is 31.5 Å². The quantitative estimate of drug-likeness (QED) is 0.496. The lowest BCUT2D eigenvalue weighted by Crippen LogP contribution is -2.48. The highest BCUT2D eigenvalue weighted by molar-refractivity contribution is 6.30. The zero-order valence-corrected chi connectivity index (χ0v) is 18.5. The topological polar surface area (TPSA) is 89.1 Å². The van der Waals surface area contributed by atoms with Crippen molar-refractivity contribution in [3.63, 3.8) is 0 Å². The Morgan fingerprint density at radius 3 is 2.84 bits per heavy atom. The summed E-state index contributed by atoms with van der Waals surface area (Å²) >= 11 is 5.60. The molecule has 1 saturated heterocycles. The van der Waals surface area contributed by atoms with Crippen molar-refractivity contribution in [2.24, 2.45) is 0 Å². The smallest absolute Gasteiger partial charge is 0.262 e. The molecule has 1 heterocycles. The Morgan fingerprint density at radius 2 is 2.13 bits per heavy atom. The molecule has 1 aromatic rings. The first-order valence-electron chi connectivity index (χ1n) is 10.2. The third-order valence-electron chi connectivity index (χ3n) is 4.72. The van der Waals surface area contributed by atoms with E-state index in [4.69, 9.17) is 26.2 Å². The highest BCUT2D eigenvalue weighted by Gasteiger charge is 2.28. The summed E-state index contributed by atoms with van der Waals surface area (Å²) < 4.78 is 18.6. The van der Waals surface area contributed by atoms with Crippen molar-refractivity contribution in [1.29, 1.82) is 0 Å². The molecule has 2 N–H and O–H groups in total. The van der Waals surface area contributed by atoms with Gasteiger partial charge in [-0.15, -0.1) is 4.99 Å². The standard InChI is InChI=1S/C21H29ClFN3O5/c1-4-5-17-10-15(26(3)31-30-17)12-24-20(27)9-6-14(2)25-21(28)13-29-16-7-8-18(22)19(23)11-16/h7-8,11,15,17H,2,4-6,9-10,12-13H2,1,3H3,(H,24,27)(H,25,28). The Labute approximate surface area is 186 Å². The molecule has 0 aliphatic carbocycles. The first-order chi connectivity index (χ1) is 14.8. The SMILES string of the molecule is C=C(CCC(=O)NCC1CC(CCC)OON1C)NC(=O)COc1ccc(Cl)c(F)c1. The number of halogens is 2. The van der Waals surface area contributed by atoms with Crippen LogP contribution < -0.4 is 15.4 Å². The third kappa shape index (κ3) is 8.82. The minimum absolute atomic E-state index is 0.0182. The molecule has 172 valence electrons. The molecule has 0 spiro atoms. The predicted octanol–water partition coefficient (Wildman–Crippen LogP) is 3.12. The molecule has 0 saturated carbocycles. The lowest BCUT2D eigenvalue weighted by Gasteiger charge is -2.34. The van der Waals surface area contributed by atoms with Gasteiger partial charge in [0.25, 0.3) is 5.91 Å². The van der Waals surface area contributed by atoms with Crippen molar-refractivity contribution < 1.29 is 28.6 Å². The van der Waals surface area contributed by atoms with E-state index in [0.29, 0.717) is 12.2 Å². The van der Waals surface area contributed by atoms with Crippen LogP contribution in [0, 0.1) is 5.82 Å². The van der Waals surface area contributed by atoms with Gasteiger partial charge in [-0.2, -0.15) is 5.06 Å². The van der Waals surface area contributed by atoms with Crippen LogP contribution in [0.4, 0.5) is 4.39 Å². The summed E-state index contributed by atoms with van der Waals surface area (Å²) in [5.74, 6) is -1.06. The average molecular weight is 458 g/mol. The van der Waals surface area contributed by atoms with E-state index in [9.17, 15) is 14.0 Å². The fourth-order valence-corrected chi connectivity index (χ4v) is 3.09. The van der Waals surface area contributed by atoms with Gasteiger partial charge in [0, 0.05) is 31.8 Å². The maximum atomic E-state index is 13.4. The van der Waals surface area contributed by atoms with E-state index in [0.717, 1.165) is 25.3 Å². The summed E-state index contributed by atoms with van der Waals surface area (Å²) in [6, 6.07) is 3.92. The molecule has 2 rings (SSSR count). The number of allylic oxidation sites excluding steroid dienone is 1. The first-order valence-corrected chi connectivity index (χ1v) is 10.5. The minimum Gasteiger partial charge on any atom is -0.484 e. The summed E-state index contributed by atoms with van der Waals surface area (Å²) in [6.45, 7) is 5.94. The molecule has 0 radical (unpaired) electrons. The number of amides is 2. The van der Waals surface area contributed by atoms with E-state index in [1.807, 2.05) is 0 Å². The van der Waals surface area contributed by atoms with Crippen LogP contribution in [0.5, 0.6) is 5.75 Å². The van der Waals surface area contributed by atoms with Crippen LogP contribution >= 0.6 is 11.6 Å². The van der Waals surface area contributed by atoms with Crippen molar-refractivity contribution >= 4 is 23.4 Å². The largest absolute Gasteiger partial charge is 0.484 e. The van der Waals surface area contributed by atoms with Gasteiger partial charge in [-0.05, 0) is 31.4 Å². The lowest BCUT2D eigenvalue weighted by molar-refractivity contribution is -0.473. The number of hydrogen-bond acceptors (Lipinski definition) is 6. The second-order valence-electron chi connectivity index (χ2n) is 7.34. The number of hydroxylamine groups is 2. The van der Waals surface area contributed by atoms with Gasteiger partial charge in [0.2, 0.25) is 5.91 Å². The number of likely N-dealkylation sites (N-methyl/N-ethyl adjacent to an activating group) is 1. The number of carbonyl (C=O) groups excluding carboxylic acids is 2. The molecule has 1 fully saturated rings. The van der Waals surface area contributed by atoms with Crippen molar-refractivity contribution in [2.75, 3.05) is 20.2 Å². The number of rotatable bonds is 11. The van der Waals surface area contributed by atoms with Gasteiger partial charge in [0.05, 0.1) is 17.2 Å². The average Bonchev–Trinajstić information content (AvgIpc) is 2.73. The van der Waals surface area contributed by atoms with Crippen LogP contribution in [0.15, 0.2) is 30.5 Å². The van der Waals surface area contributed by atoms with Crippen molar-refractivity contribution in [3.8, 4) is 5.75 Å². The van der Waals surface area contributed by atoms with E-state index >= 15 is 0 Å². The fourth-order valence-electron chi connectivity index (χ4n) is 2.98. The van der Waals surface area contributed by atoms with Crippen LogP contribution in [0.2, 0.25) is 5.02 Å². The van der Waals surface area contributed by atoms with Crippen LogP contribution in [0.3, 0.4) is 0 Å². The van der Waals surface area contributed by atoms with E-state index in [2.05, 4.69) is 24.1 Å². The summed E-state index contributed by atoms with van der Waals surface area (Å²) in [4.78, 5) is 34.5. The van der Waals surface area contributed by atoms with Gasteiger partial charge < -0.3 is 15.4 Å². The molecule has 2 unspecified atom stereocenters. The first kappa shape index (κ1) is 25.1. The Morgan fingerprint density at radius 1 is 1.35 bits per heavy atom. The van der Waals surface area contributed by atoms with Crippen LogP contribution in [-0.4, -0.2) is 49.2 Å². The summed E-state index contributed by atoms with van der Waals surface area (Å²) in [5, 5.41) is 7.00. The maximum Gasteiger partial charge on any atom is 0.262 e. The van der Waals surface area contributed by atoms with E-state index in [1.165, 1.54) is 12.1 Å². The molecule has 8 nitrogen and oxygen atoms in total. The van der Waals surface area contributed by atoms with Gasteiger partial charge in [0.15, 0.2) is 6.61 Å². The monoisotopic (exact) mass is 457 g/mol. The zero-order chi connectivity index (χ0) is 22.8. The molecule has 1 aliphatic rings.